The third-order valence-electron chi connectivity index (χ3n) is 2.59. The number of nitrogens with one attached hydrogen (secondary N) is 1. The number of carboxylic acids is 1. The SMILES string of the molecule is C#CCN(CC(=O)O)CC(=O)Nc1c(Cl)ccc(C)c1Cl. The number of hydrogen-bond acceptors (Lipinski definition) is 3. The average molecular weight is 329 g/mol. The van der Waals surface area contributed by atoms with E-state index in [1.54, 1.807) is 19.1 Å². The van der Waals surface area contributed by atoms with Gasteiger partial charge in [-0.1, -0.05) is 35.2 Å². The molecule has 1 amide bonds. The minimum atomic E-state index is -1.07. The van der Waals surface area contributed by atoms with Crippen molar-refractivity contribution in [1.29, 1.82) is 0 Å². The molecular formula is C14H14Cl2N2O3. The molecule has 0 aliphatic rings. The Kier molecular flexibility index (Phi) is 6.50. The molecule has 0 heterocycles. The van der Waals surface area contributed by atoms with Crippen LogP contribution in [0.15, 0.2) is 12.1 Å². The van der Waals surface area contributed by atoms with Gasteiger partial charge in [0, 0.05) is 0 Å². The van der Waals surface area contributed by atoms with E-state index in [4.69, 9.17) is 34.7 Å². The van der Waals surface area contributed by atoms with E-state index in [1.807, 2.05) is 0 Å². The molecule has 21 heavy (non-hydrogen) atoms. The summed E-state index contributed by atoms with van der Waals surface area (Å²) in [5.41, 5.74) is 1.07. The van der Waals surface area contributed by atoms with E-state index in [-0.39, 0.29) is 19.6 Å². The molecule has 0 saturated carbocycles. The van der Waals surface area contributed by atoms with Crippen LogP contribution >= 0.6 is 23.2 Å². The molecule has 1 rings (SSSR count). The number of carbonyl (C=O) groups excluding carboxylic acids is 1. The van der Waals surface area contributed by atoms with Gasteiger partial charge in [-0.15, -0.1) is 6.42 Å². The van der Waals surface area contributed by atoms with Gasteiger partial charge in [-0.3, -0.25) is 14.5 Å². The monoisotopic (exact) mass is 328 g/mol. The predicted molar refractivity (Wildman–Crippen MR) is 82.7 cm³/mol. The van der Waals surface area contributed by atoms with E-state index in [0.717, 1.165) is 5.56 Å². The van der Waals surface area contributed by atoms with E-state index in [1.165, 1.54) is 4.90 Å². The molecule has 0 aliphatic carbocycles. The Balaban J connectivity index is 2.79. The summed E-state index contributed by atoms with van der Waals surface area (Å²) in [4.78, 5) is 24.0. The van der Waals surface area contributed by atoms with Gasteiger partial charge in [-0.2, -0.15) is 0 Å². The number of halogens is 2. The number of nitrogens with zero attached hydrogens (tertiary/aromatic N) is 1. The molecule has 0 atom stereocenters. The summed E-state index contributed by atoms with van der Waals surface area (Å²) in [6, 6.07) is 3.35. The Morgan fingerprint density at radius 3 is 2.62 bits per heavy atom. The topological polar surface area (TPSA) is 69.6 Å². The number of carbonyl (C=O) groups is 2. The lowest BCUT2D eigenvalue weighted by Gasteiger charge is -2.17. The highest BCUT2D eigenvalue weighted by atomic mass is 35.5. The Morgan fingerprint density at radius 1 is 1.38 bits per heavy atom. The highest BCUT2D eigenvalue weighted by Crippen LogP contribution is 2.32. The minimum absolute atomic E-state index is 0.0506. The zero-order valence-corrected chi connectivity index (χ0v) is 12.8. The predicted octanol–water partition coefficient (Wildman–Crippen LogP) is 2.26. The van der Waals surface area contributed by atoms with Gasteiger partial charge in [-0.25, -0.2) is 0 Å². The second kappa shape index (κ2) is 7.89. The summed E-state index contributed by atoms with van der Waals surface area (Å²) in [5.74, 6) is 0.796. The number of terminal acetylenes is 1. The van der Waals surface area contributed by atoms with Gasteiger partial charge >= 0.3 is 5.97 Å². The lowest BCUT2D eigenvalue weighted by Crippen LogP contribution is -2.37. The van der Waals surface area contributed by atoms with Crippen LogP contribution in [-0.4, -0.2) is 41.5 Å². The number of hydrogen-bond donors (Lipinski definition) is 2. The molecule has 0 saturated heterocycles. The lowest BCUT2D eigenvalue weighted by atomic mass is 10.2. The van der Waals surface area contributed by atoms with Crippen molar-refractivity contribution in [2.24, 2.45) is 0 Å². The van der Waals surface area contributed by atoms with Crippen molar-refractivity contribution in [3.8, 4) is 12.3 Å². The van der Waals surface area contributed by atoms with Gasteiger partial charge in [0.15, 0.2) is 0 Å². The molecule has 7 heteroatoms. The number of carboxylic acid groups (broad SMARTS) is 1. The van der Waals surface area contributed by atoms with Crippen LogP contribution in [0.3, 0.4) is 0 Å². The molecule has 1 aromatic rings. The number of aliphatic carboxylic acids is 1. The number of anilines is 1. The normalized spacial score (nSPS) is 10.2. The summed E-state index contributed by atoms with van der Waals surface area (Å²) in [6.07, 6.45) is 5.14. The van der Waals surface area contributed by atoms with Gasteiger partial charge in [0.25, 0.3) is 0 Å². The fraction of sp³-hybridized carbons (Fsp3) is 0.286. The van der Waals surface area contributed by atoms with Crippen LogP contribution in [0.2, 0.25) is 10.0 Å². The standard InChI is InChI=1S/C14H14Cl2N2O3/c1-3-6-18(8-12(20)21)7-11(19)17-14-10(15)5-4-9(2)13(14)16/h1,4-5H,6-8H2,2H3,(H,17,19)(H,20,21). The summed E-state index contributed by atoms with van der Waals surface area (Å²) in [5, 5.41) is 12.0. The van der Waals surface area contributed by atoms with Crippen LogP contribution < -0.4 is 5.32 Å². The second-order valence-electron chi connectivity index (χ2n) is 4.34. The quantitative estimate of drug-likeness (QED) is 0.786. The number of rotatable bonds is 6. The fourth-order valence-corrected chi connectivity index (χ4v) is 2.11. The van der Waals surface area contributed by atoms with E-state index in [9.17, 15) is 9.59 Å². The zero-order chi connectivity index (χ0) is 16.0. The van der Waals surface area contributed by atoms with E-state index in [2.05, 4.69) is 11.2 Å². The van der Waals surface area contributed by atoms with Gasteiger partial charge in [0.1, 0.15) is 0 Å². The van der Waals surface area contributed by atoms with Crippen molar-refractivity contribution in [2.45, 2.75) is 6.92 Å². The van der Waals surface area contributed by atoms with Gasteiger partial charge in [0.2, 0.25) is 5.91 Å². The fourth-order valence-electron chi connectivity index (χ4n) is 1.64. The first-order valence-electron chi connectivity index (χ1n) is 5.97. The first-order valence-corrected chi connectivity index (χ1v) is 6.72. The molecule has 0 spiro atoms. The maximum absolute atomic E-state index is 12.0. The Morgan fingerprint density at radius 2 is 2.05 bits per heavy atom. The molecule has 112 valence electrons. The highest BCUT2D eigenvalue weighted by Gasteiger charge is 2.16. The minimum Gasteiger partial charge on any atom is -0.480 e. The van der Waals surface area contributed by atoms with Gasteiger partial charge in [0.05, 0.1) is 35.4 Å². The van der Waals surface area contributed by atoms with E-state index < -0.39 is 11.9 Å². The van der Waals surface area contributed by atoms with Crippen LogP contribution in [0.5, 0.6) is 0 Å². The van der Waals surface area contributed by atoms with Gasteiger partial charge in [-0.05, 0) is 18.6 Å². The number of amides is 1. The van der Waals surface area contributed by atoms with Crippen LogP contribution in [0.25, 0.3) is 0 Å². The molecule has 1 aromatic carbocycles. The molecule has 0 fully saturated rings. The molecule has 0 bridgehead atoms. The summed E-state index contributed by atoms with van der Waals surface area (Å²) in [6.45, 7) is 1.34. The summed E-state index contributed by atoms with van der Waals surface area (Å²) >= 11 is 12.1. The third kappa shape index (κ3) is 5.27. The maximum Gasteiger partial charge on any atom is 0.317 e. The van der Waals surface area contributed by atoms with Crippen LogP contribution in [-0.2, 0) is 9.59 Å². The van der Waals surface area contributed by atoms with Gasteiger partial charge < -0.3 is 10.4 Å². The second-order valence-corrected chi connectivity index (χ2v) is 5.13. The summed E-state index contributed by atoms with van der Waals surface area (Å²) < 4.78 is 0. The number of aryl methyl sites for hydroxylation is 1. The first-order chi connectivity index (χ1) is 9.85. The van der Waals surface area contributed by atoms with Crippen molar-refractivity contribution in [2.75, 3.05) is 25.0 Å². The molecule has 2 N–H and O–H groups in total. The maximum atomic E-state index is 12.0. The molecular weight excluding hydrogens is 315 g/mol. The molecule has 0 aromatic heterocycles. The summed E-state index contributed by atoms with van der Waals surface area (Å²) in [7, 11) is 0. The largest absolute Gasteiger partial charge is 0.480 e. The van der Waals surface area contributed by atoms with E-state index in [0.29, 0.717) is 15.7 Å². The van der Waals surface area contributed by atoms with Crippen LogP contribution in [0.1, 0.15) is 5.56 Å². The molecule has 5 nitrogen and oxygen atoms in total. The van der Waals surface area contributed by atoms with Crippen molar-refractivity contribution in [3.05, 3.63) is 27.7 Å². The zero-order valence-electron chi connectivity index (χ0n) is 11.3. The number of benzene rings is 1. The Labute approximate surface area is 132 Å². The van der Waals surface area contributed by atoms with Crippen molar-refractivity contribution < 1.29 is 14.7 Å². The van der Waals surface area contributed by atoms with Crippen molar-refractivity contribution >= 4 is 40.8 Å². The van der Waals surface area contributed by atoms with Crippen molar-refractivity contribution in [3.63, 3.8) is 0 Å². The smallest absolute Gasteiger partial charge is 0.317 e. The molecule has 0 unspecified atom stereocenters. The van der Waals surface area contributed by atoms with Crippen LogP contribution in [0.4, 0.5) is 5.69 Å². The third-order valence-corrected chi connectivity index (χ3v) is 3.39. The highest BCUT2D eigenvalue weighted by molar-refractivity contribution is 6.40. The Hall–Kier alpha value is -1.74. The molecule has 0 aliphatic heterocycles. The van der Waals surface area contributed by atoms with Crippen molar-refractivity contribution in [1.82, 2.24) is 4.90 Å². The van der Waals surface area contributed by atoms with Crippen LogP contribution in [0, 0.1) is 19.3 Å². The molecule has 0 radical (unpaired) electrons. The lowest BCUT2D eigenvalue weighted by molar-refractivity contribution is -0.138. The average Bonchev–Trinajstić information content (AvgIpc) is 2.39. The first kappa shape index (κ1) is 17.3. The van der Waals surface area contributed by atoms with E-state index >= 15 is 0 Å². The Bertz CT molecular complexity index is 597.